The number of amidine groups is 1. The van der Waals surface area contributed by atoms with Crippen molar-refractivity contribution in [1.82, 2.24) is 9.97 Å². The molecular formula is C19H17F6N5O3. The Morgan fingerprint density at radius 1 is 1.36 bits per heavy atom. The maximum Gasteiger partial charge on any atom is 0.425 e. The number of aliphatic imine (C=N–C) groups is 1. The zero-order valence-corrected chi connectivity index (χ0v) is 17.1. The van der Waals surface area contributed by atoms with E-state index in [4.69, 9.17) is 5.73 Å². The molecule has 0 saturated carbocycles. The number of hydrogen-bond donors (Lipinski definition) is 2. The normalized spacial score (nSPS) is 20.8. The Morgan fingerprint density at radius 3 is 2.67 bits per heavy atom. The van der Waals surface area contributed by atoms with Crippen molar-refractivity contribution in [3.05, 3.63) is 47.2 Å². The molecule has 0 spiro atoms. The lowest BCUT2D eigenvalue weighted by Gasteiger charge is -2.35. The van der Waals surface area contributed by atoms with Crippen LogP contribution in [0, 0.1) is 12.7 Å². The number of alkyl halides is 5. The van der Waals surface area contributed by atoms with Gasteiger partial charge in [-0.1, -0.05) is 0 Å². The van der Waals surface area contributed by atoms with Gasteiger partial charge in [0, 0.05) is 6.42 Å². The van der Waals surface area contributed by atoms with Crippen LogP contribution in [-0.2, 0) is 10.3 Å². The Morgan fingerprint density at radius 2 is 2.06 bits per heavy atom. The average Bonchev–Trinajstić information content (AvgIpc) is 2.67. The van der Waals surface area contributed by atoms with Gasteiger partial charge in [0.15, 0.2) is 6.10 Å². The predicted molar refractivity (Wildman–Crippen MR) is 102 cm³/mol. The van der Waals surface area contributed by atoms with Crippen molar-refractivity contribution < 1.29 is 40.6 Å². The Balaban J connectivity index is 1.88. The number of hydrogen-bond acceptors (Lipinski definition) is 7. The lowest BCUT2D eigenvalue weighted by molar-refractivity contribution is -0.208. The van der Waals surface area contributed by atoms with E-state index in [1.165, 1.54) is 13.8 Å². The molecule has 0 saturated heterocycles. The first kappa shape index (κ1) is 24.1. The van der Waals surface area contributed by atoms with Crippen LogP contribution < -0.4 is 15.8 Å². The van der Waals surface area contributed by atoms with Crippen LogP contribution in [0.25, 0.3) is 0 Å². The highest BCUT2D eigenvalue weighted by Crippen LogP contribution is 2.40. The van der Waals surface area contributed by atoms with Gasteiger partial charge in [-0.15, -0.1) is 0 Å². The molecule has 178 valence electrons. The summed E-state index contributed by atoms with van der Waals surface area (Å²) in [4.78, 5) is 24.0. The third-order valence-electron chi connectivity index (χ3n) is 4.66. The zero-order chi connectivity index (χ0) is 24.6. The fraction of sp³-hybridized carbons (Fsp3) is 0.368. The van der Waals surface area contributed by atoms with E-state index in [1.807, 2.05) is 0 Å². The number of pyridine rings is 2. The van der Waals surface area contributed by atoms with Gasteiger partial charge in [-0.25, -0.2) is 19.4 Å². The summed E-state index contributed by atoms with van der Waals surface area (Å²) in [6.07, 6.45) is -7.01. The number of aromatic nitrogens is 2. The lowest BCUT2D eigenvalue weighted by Crippen LogP contribution is -2.46. The van der Waals surface area contributed by atoms with Gasteiger partial charge in [0.1, 0.15) is 34.3 Å². The summed E-state index contributed by atoms with van der Waals surface area (Å²) in [6, 6.07) is 2.35. The zero-order valence-electron chi connectivity index (χ0n) is 17.1. The van der Waals surface area contributed by atoms with Crippen molar-refractivity contribution in [3.63, 3.8) is 0 Å². The van der Waals surface area contributed by atoms with E-state index in [0.29, 0.717) is 0 Å². The average molecular weight is 477 g/mol. The van der Waals surface area contributed by atoms with Gasteiger partial charge in [-0.3, -0.25) is 4.79 Å². The van der Waals surface area contributed by atoms with Gasteiger partial charge in [0.25, 0.3) is 11.9 Å². The highest BCUT2D eigenvalue weighted by molar-refractivity contribution is 6.03. The molecule has 2 atom stereocenters. The van der Waals surface area contributed by atoms with Crippen LogP contribution in [0.5, 0.6) is 5.75 Å². The quantitative estimate of drug-likeness (QED) is 0.636. The largest absolute Gasteiger partial charge is 0.452 e. The van der Waals surface area contributed by atoms with Gasteiger partial charge in [0.05, 0.1) is 6.20 Å². The van der Waals surface area contributed by atoms with Crippen LogP contribution in [-0.4, -0.2) is 40.8 Å². The summed E-state index contributed by atoms with van der Waals surface area (Å²) in [7, 11) is 0. The molecule has 0 fully saturated rings. The van der Waals surface area contributed by atoms with Gasteiger partial charge in [0.2, 0.25) is 0 Å². The number of nitrogens with two attached hydrogens (primary N) is 1. The van der Waals surface area contributed by atoms with Crippen molar-refractivity contribution in [2.24, 2.45) is 10.7 Å². The summed E-state index contributed by atoms with van der Waals surface area (Å²) in [5, 5.41) is 2.33. The first-order valence-electron chi connectivity index (χ1n) is 9.27. The topological polar surface area (TPSA) is 112 Å². The van der Waals surface area contributed by atoms with Crippen molar-refractivity contribution in [2.75, 3.05) is 5.32 Å². The second kappa shape index (κ2) is 8.75. The van der Waals surface area contributed by atoms with Crippen LogP contribution in [0.2, 0.25) is 0 Å². The van der Waals surface area contributed by atoms with Crippen molar-refractivity contribution >= 4 is 17.7 Å². The third-order valence-corrected chi connectivity index (χ3v) is 4.66. The summed E-state index contributed by atoms with van der Waals surface area (Å²) >= 11 is 0. The van der Waals surface area contributed by atoms with Gasteiger partial charge in [-0.2, -0.15) is 22.0 Å². The number of nitrogens with one attached hydrogen (secondary N) is 1. The van der Waals surface area contributed by atoms with E-state index >= 15 is 0 Å². The fourth-order valence-corrected chi connectivity index (χ4v) is 3.21. The Kier molecular flexibility index (Phi) is 6.38. The van der Waals surface area contributed by atoms with Crippen molar-refractivity contribution in [1.29, 1.82) is 0 Å². The predicted octanol–water partition coefficient (Wildman–Crippen LogP) is 3.66. The Labute approximate surface area is 182 Å². The summed E-state index contributed by atoms with van der Waals surface area (Å²) < 4.78 is 87.4. The number of aryl methyl sites for hydroxylation is 1. The van der Waals surface area contributed by atoms with E-state index in [-0.39, 0.29) is 22.8 Å². The fourth-order valence-electron chi connectivity index (χ4n) is 3.21. The molecule has 0 aromatic carbocycles. The molecule has 0 bridgehead atoms. The van der Waals surface area contributed by atoms with E-state index in [1.54, 1.807) is 0 Å². The standard InChI is InChI=1S/C19H17F6N5O3/c1-8-5-9(32-16(21)22)7-27-13(8)15(31)29-12-4-3-10(20)14(28-12)18(2)6-11(19(23,24)25)33-17(26)30-18/h3-5,7,11,16H,6H2,1-2H3,(H2,26,30)(H,28,29,31). The van der Waals surface area contributed by atoms with E-state index in [0.717, 1.165) is 24.4 Å². The van der Waals surface area contributed by atoms with E-state index < -0.39 is 54.3 Å². The second-order valence-corrected chi connectivity index (χ2v) is 7.27. The van der Waals surface area contributed by atoms with Crippen LogP contribution in [0.4, 0.5) is 32.2 Å². The number of carbonyl (C=O) groups excluding carboxylic acids is 1. The van der Waals surface area contributed by atoms with Gasteiger partial charge >= 0.3 is 12.8 Å². The Bertz CT molecular complexity index is 1090. The van der Waals surface area contributed by atoms with Crippen LogP contribution in [0.1, 0.15) is 35.1 Å². The Hall–Kier alpha value is -3.58. The van der Waals surface area contributed by atoms with Crippen molar-refractivity contribution in [2.45, 2.75) is 44.7 Å². The molecule has 1 aliphatic rings. The molecule has 3 N–H and O–H groups in total. The lowest BCUT2D eigenvalue weighted by atomic mass is 9.89. The molecule has 1 aliphatic heterocycles. The SMILES string of the molecule is Cc1cc(OC(F)F)cnc1C(=O)Nc1ccc(F)c(C2(C)CC(C(F)(F)F)OC(N)=N2)n1. The first-order valence-corrected chi connectivity index (χ1v) is 9.27. The minimum absolute atomic E-state index is 0.166. The molecule has 1 amide bonds. The molecular weight excluding hydrogens is 460 g/mol. The molecule has 33 heavy (non-hydrogen) atoms. The molecule has 2 aromatic heterocycles. The highest BCUT2D eigenvalue weighted by atomic mass is 19.4. The smallest absolute Gasteiger partial charge is 0.425 e. The number of halogens is 6. The molecule has 0 aliphatic carbocycles. The van der Waals surface area contributed by atoms with Gasteiger partial charge < -0.3 is 20.5 Å². The van der Waals surface area contributed by atoms with Crippen LogP contribution >= 0.6 is 0 Å². The number of nitrogens with zero attached hydrogens (tertiary/aromatic N) is 3. The van der Waals surface area contributed by atoms with Crippen LogP contribution in [0.3, 0.4) is 0 Å². The summed E-state index contributed by atoms with van der Waals surface area (Å²) in [6.45, 7) is -0.458. The molecule has 0 radical (unpaired) electrons. The third kappa shape index (κ3) is 5.43. The molecule has 2 unspecified atom stereocenters. The van der Waals surface area contributed by atoms with Gasteiger partial charge in [-0.05, 0) is 37.6 Å². The second-order valence-electron chi connectivity index (χ2n) is 7.27. The summed E-state index contributed by atoms with van der Waals surface area (Å²) in [5.74, 6) is -2.27. The number of amides is 1. The summed E-state index contributed by atoms with van der Waals surface area (Å²) in [5.41, 5.74) is 3.07. The molecule has 14 heteroatoms. The molecule has 8 nitrogen and oxygen atoms in total. The number of carbonyl (C=O) groups is 1. The van der Waals surface area contributed by atoms with Crippen molar-refractivity contribution in [3.8, 4) is 5.75 Å². The maximum atomic E-state index is 14.5. The number of rotatable bonds is 5. The van der Waals surface area contributed by atoms with E-state index in [9.17, 15) is 31.1 Å². The minimum Gasteiger partial charge on any atom is -0.452 e. The first-order chi connectivity index (χ1) is 15.3. The molecule has 2 aromatic rings. The number of ether oxygens (including phenoxy) is 2. The monoisotopic (exact) mass is 477 g/mol. The molecule has 3 rings (SSSR count). The maximum absolute atomic E-state index is 14.5. The van der Waals surface area contributed by atoms with Crippen LogP contribution in [0.15, 0.2) is 29.4 Å². The van der Waals surface area contributed by atoms with E-state index in [2.05, 4.69) is 29.8 Å². The minimum atomic E-state index is -4.78. The number of anilines is 1. The highest BCUT2D eigenvalue weighted by Gasteiger charge is 2.50. The molecule has 3 heterocycles.